The minimum Gasteiger partial charge on any atom is -0.406 e. The number of rotatable bonds is 8. The number of aromatic nitrogens is 2. The quantitative estimate of drug-likeness (QED) is 0.612. The van der Waals surface area contributed by atoms with Crippen LogP contribution >= 0.6 is 0 Å². The molecule has 0 radical (unpaired) electrons. The lowest BCUT2D eigenvalue weighted by atomic mass is 9.86. The van der Waals surface area contributed by atoms with Crippen molar-refractivity contribution in [1.82, 2.24) is 14.9 Å². The maximum atomic E-state index is 12.4. The van der Waals surface area contributed by atoms with Crippen LogP contribution in [0.25, 0.3) is 11.4 Å². The molecule has 0 atom stereocenters. The SMILES string of the molecule is CC(C)S(=O)(=O)NCC1CCC(Nc2nc(-c3cccc(OC(F)(F)F)c3)no2)CC1. The zero-order valence-corrected chi connectivity index (χ0v) is 18.0. The van der Waals surface area contributed by atoms with Crippen LogP contribution in [-0.4, -0.2) is 42.8 Å². The van der Waals surface area contributed by atoms with Crippen molar-refractivity contribution in [3.8, 4) is 17.1 Å². The summed E-state index contributed by atoms with van der Waals surface area (Å²) in [5, 5.41) is 6.50. The third-order valence-electron chi connectivity index (χ3n) is 5.12. The maximum Gasteiger partial charge on any atom is 0.573 e. The van der Waals surface area contributed by atoms with Crippen molar-refractivity contribution in [3.05, 3.63) is 24.3 Å². The maximum absolute atomic E-state index is 12.4. The van der Waals surface area contributed by atoms with Gasteiger partial charge in [0, 0.05) is 18.2 Å². The first kappa shape index (κ1) is 23.3. The zero-order valence-electron chi connectivity index (χ0n) is 17.1. The van der Waals surface area contributed by atoms with Crippen LogP contribution in [0, 0.1) is 5.92 Å². The van der Waals surface area contributed by atoms with Gasteiger partial charge in [0.2, 0.25) is 15.8 Å². The Bertz CT molecular complexity index is 971. The van der Waals surface area contributed by atoms with Crippen LogP contribution in [0.1, 0.15) is 39.5 Å². The summed E-state index contributed by atoms with van der Waals surface area (Å²) < 4.78 is 72.7. The molecular weight excluding hydrogens is 437 g/mol. The Balaban J connectivity index is 1.52. The topological polar surface area (TPSA) is 106 Å². The van der Waals surface area contributed by atoms with Gasteiger partial charge in [0.05, 0.1) is 5.25 Å². The molecular formula is C19H25F3N4O4S. The van der Waals surface area contributed by atoms with Crippen LogP contribution in [0.15, 0.2) is 28.8 Å². The summed E-state index contributed by atoms with van der Waals surface area (Å²) in [6.07, 6.45) is -1.48. The minimum absolute atomic E-state index is 0.0890. The van der Waals surface area contributed by atoms with Crippen molar-refractivity contribution in [2.24, 2.45) is 5.92 Å². The molecule has 1 aliphatic carbocycles. The molecule has 3 rings (SSSR count). The van der Waals surface area contributed by atoms with E-state index in [1.807, 2.05) is 0 Å². The van der Waals surface area contributed by atoms with E-state index in [1.165, 1.54) is 18.2 Å². The fraction of sp³-hybridized carbons (Fsp3) is 0.579. The molecule has 0 aliphatic heterocycles. The largest absolute Gasteiger partial charge is 0.573 e. The monoisotopic (exact) mass is 462 g/mol. The Morgan fingerprint density at radius 1 is 1.23 bits per heavy atom. The lowest BCUT2D eigenvalue weighted by molar-refractivity contribution is -0.274. The van der Waals surface area contributed by atoms with Crippen molar-refractivity contribution >= 4 is 16.0 Å². The van der Waals surface area contributed by atoms with Gasteiger partial charge < -0.3 is 14.6 Å². The molecule has 1 fully saturated rings. The van der Waals surface area contributed by atoms with Crippen molar-refractivity contribution in [2.75, 3.05) is 11.9 Å². The van der Waals surface area contributed by atoms with Crippen molar-refractivity contribution in [1.29, 1.82) is 0 Å². The summed E-state index contributed by atoms with van der Waals surface area (Å²) in [7, 11) is -3.27. The van der Waals surface area contributed by atoms with Crippen LogP contribution in [0.4, 0.5) is 19.2 Å². The highest BCUT2D eigenvalue weighted by molar-refractivity contribution is 7.90. The van der Waals surface area contributed by atoms with E-state index in [1.54, 1.807) is 19.9 Å². The Labute approximate surface area is 178 Å². The second-order valence-corrected chi connectivity index (χ2v) is 10.1. The van der Waals surface area contributed by atoms with Gasteiger partial charge in [-0.25, -0.2) is 13.1 Å². The van der Waals surface area contributed by atoms with Gasteiger partial charge in [-0.1, -0.05) is 17.3 Å². The van der Waals surface area contributed by atoms with Crippen molar-refractivity contribution < 1.29 is 30.8 Å². The summed E-state index contributed by atoms with van der Waals surface area (Å²) >= 11 is 0. The van der Waals surface area contributed by atoms with E-state index in [-0.39, 0.29) is 29.5 Å². The first-order valence-corrected chi connectivity index (χ1v) is 11.5. The number of nitrogens with zero attached hydrogens (tertiary/aromatic N) is 2. The molecule has 31 heavy (non-hydrogen) atoms. The number of ether oxygens (including phenoxy) is 1. The standard InChI is InChI=1S/C19H25F3N4O4S/c1-12(2)31(27,28)23-11-13-6-8-15(9-7-13)24-18-25-17(26-30-18)14-4-3-5-16(10-14)29-19(20,21)22/h3-5,10,12-13,15,23H,6-9,11H2,1-2H3,(H,24,25,26). The van der Waals surface area contributed by atoms with E-state index >= 15 is 0 Å². The number of anilines is 1. The van der Waals surface area contributed by atoms with Crippen molar-refractivity contribution in [3.63, 3.8) is 0 Å². The molecule has 1 aromatic heterocycles. The number of alkyl halides is 3. The molecule has 12 heteroatoms. The number of benzene rings is 1. The first-order chi connectivity index (χ1) is 14.5. The highest BCUT2D eigenvalue weighted by Gasteiger charge is 2.31. The van der Waals surface area contributed by atoms with Gasteiger partial charge in [0.15, 0.2) is 0 Å². The van der Waals surface area contributed by atoms with E-state index in [2.05, 4.69) is 24.9 Å². The Hall–Kier alpha value is -2.34. The Morgan fingerprint density at radius 2 is 1.94 bits per heavy atom. The predicted octanol–water partition coefficient (Wildman–Crippen LogP) is 3.93. The molecule has 2 N–H and O–H groups in total. The third-order valence-corrected chi connectivity index (χ3v) is 6.93. The van der Waals surface area contributed by atoms with E-state index in [9.17, 15) is 21.6 Å². The number of nitrogens with one attached hydrogen (secondary N) is 2. The van der Waals surface area contributed by atoms with E-state index < -0.39 is 21.6 Å². The van der Waals surface area contributed by atoms with Crippen LogP contribution in [0.2, 0.25) is 0 Å². The fourth-order valence-electron chi connectivity index (χ4n) is 3.32. The van der Waals surface area contributed by atoms with Gasteiger partial charge in [0.1, 0.15) is 5.75 Å². The smallest absolute Gasteiger partial charge is 0.406 e. The number of hydrogen-bond acceptors (Lipinski definition) is 7. The van der Waals surface area contributed by atoms with Gasteiger partial charge in [-0.15, -0.1) is 13.2 Å². The normalized spacial score (nSPS) is 20.1. The van der Waals surface area contributed by atoms with Crippen LogP contribution < -0.4 is 14.8 Å². The molecule has 1 aromatic carbocycles. The van der Waals surface area contributed by atoms with Crippen molar-refractivity contribution in [2.45, 2.75) is 57.2 Å². The summed E-state index contributed by atoms with van der Waals surface area (Å²) in [5.74, 6) is 0.0452. The number of hydrogen-bond donors (Lipinski definition) is 2. The van der Waals surface area contributed by atoms with Gasteiger partial charge in [0.25, 0.3) is 0 Å². The molecule has 0 unspecified atom stereocenters. The van der Waals surface area contributed by atoms with Crippen LogP contribution in [0.3, 0.4) is 0 Å². The predicted molar refractivity (Wildman–Crippen MR) is 108 cm³/mol. The molecule has 8 nitrogen and oxygen atoms in total. The summed E-state index contributed by atoms with van der Waals surface area (Å²) in [4.78, 5) is 4.20. The van der Waals surface area contributed by atoms with Gasteiger partial charge in [-0.05, 0) is 57.6 Å². The number of halogens is 3. The summed E-state index contributed by atoms with van der Waals surface area (Å²) in [6.45, 7) is 3.71. The first-order valence-electron chi connectivity index (χ1n) is 9.97. The van der Waals surface area contributed by atoms with Gasteiger partial charge >= 0.3 is 12.4 Å². The molecule has 0 bridgehead atoms. The third kappa shape index (κ3) is 6.82. The second-order valence-electron chi connectivity index (χ2n) is 7.80. The molecule has 1 heterocycles. The zero-order chi connectivity index (χ0) is 22.6. The lowest BCUT2D eigenvalue weighted by Gasteiger charge is -2.28. The van der Waals surface area contributed by atoms with Crippen LogP contribution in [-0.2, 0) is 10.0 Å². The summed E-state index contributed by atoms with van der Waals surface area (Å²) in [5.41, 5.74) is 0.333. The molecule has 0 spiro atoms. The molecule has 0 amide bonds. The Kier molecular flexibility index (Phi) is 7.10. The highest BCUT2D eigenvalue weighted by atomic mass is 32.2. The summed E-state index contributed by atoms with van der Waals surface area (Å²) in [6, 6.07) is 5.62. The molecule has 0 saturated heterocycles. The molecule has 172 valence electrons. The van der Waals surface area contributed by atoms with Crippen LogP contribution in [0.5, 0.6) is 5.75 Å². The van der Waals surface area contributed by atoms with Gasteiger partial charge in [-0.2, -0.15) is 4.98 Å². The lowest BCUT2D eigenvalue weighted by Crippen LogP contribution is -2.37. The average molecular weight is 462 g/mol. The van der Waals surface area contributed by atoms with E-state index in [0.29, 0.717) is 12.1 Å². The van der Waals surface area contributed by atoms with E-state index in [4.69, 9.17) is 4.52 Å². The average Bonchev–Trinajstić information content (AvgIpc) is 3.15. The molecule has 1 aliphatic rings. The minimum atomic E-state index is -4.78. The molecule has 2 aromatic rings. The highest BCUT2D eigenvalue weighted by Crippen LogP contribution is 2.29. The number of sulfonamides is 1. The Morgan fingerprint density at radius 3 is 2.58 bits per heavy atom. The molecule has 1 saturated carbocycles. The van der Waals surface area contributed by atoms with E-state index in [0.717, 1.165) is 25.7 Å². The fourth-order valence-corrected chi connectivity index (χ4v) is 4.12. The van der Waals surface area contributed by atoms with Gasteiger partial charge in [-0.3, -0.25) is 0 Å². The second kappa shape index (κ2) is 9.43.